The van der Waals surface area contributed by atoms with Gasteiger partial charge in [-0.1, -0.05) is 65.3 Å². The zero-order chi connectivity index (χ0) is 45.1. The maximum atomic E-state index is 13.1. The molecule has 0 saturated heterocycles. The van der Waals surface area contributed by atoms with E-state index in [1.165, 1.54) is 22.6 Å². The highest BCUT2D eigenvalue weighted by Crippen LogP contribution is 2.40. The summed E-state index contributed by atoms with van der Waals surface area (Å²) in [5.74, 6) is -0.503. The predicted octanol–water partition coefficient (Wildman–Crippen LogP) is 9.50. The Bertz CT molecular complexity index is 2700. The van der Waals surface area contributed by atoms with Crippen LogP contribution >= 0.6 is 11.6 Å². The SMILES string of the molecule is COc1ccc2nn(-c3cc(OC(C=C(C)C(=O)O)CCC=C(C)C(=O)OCCCc4cc(-n5nc6ccc(Cl)cc6n5)c(O)c(C(C)(C)C)c4)cc(C(C)(C)C)c3O)nc2c1. The molecule has 14 nitrogen and oxygen atoms in total. The molecule has 1 unspecified atom stereocenters. The smallest absolute Gasteiger partial charge is 0.333 e. The van der Waals surface area contributed by atoms with Crippen LogP contribution in [0, 0.1) is 0 Å². The van der Waals surface area contributed by atoms with Crippen molar-refractivity contribution >= 4 is 45.6 Å². The molecular formula is C47H53ClN6O8. The summed E-state index contributed by atoms with van der Waals surface area (Å²) in [5.41, 5.74) is 4.97. The fourth-order valence-corrected chi connectivity index (χ4v) is 7.03. The van der Waals surface area contributed by atoms with Gasteiger partial charge in [0.1, 0.15) is 62.5 Å². The van der Waals surface area contributed by atoms with Crippen molar-refractivity contribution in [3.8, 4) is 34.4 Å². The molecule has 0 bridgehead atoms. The molecule has 62 heavy (non-hydrogen) atoms. The summed E-state index contributed by atoms with van der Waals surface area (Å²) in [6.45, 7) is 15.2. The molecule has 0 fully saturated rings. The number of carboxylic acids is 1. The van der Waals surface area contributed by atoms with Gasteiger partial charge in [-0.05, 0) is 104 Å². The van der Waals surface area contributed by atoms with Crippen LogP contribution in [0.5, 0.6) is 23.0 Å². The molecule has 0 aliphatic heterocycles. The molecule has 0 amide bonds. The number of aromatic nitrogens is 6. The van der Waals surface area contributed by atoms with Crippen molar-refractivity contribution in [2.24, 2.45) is 0 Å². The summed E-state index contributed by atoms with van der Waals surface area (Å²) in [5, 5.41) is 51.3. The van der Waals surface area contributed by atoms with E-state index >= 15 is 0 Å². The average Bonchev–Trinajstić information content (AvgIpc) is 3.83. The number of methoxy groups -OCH3 is 1. The number of phenolic OH excluding ortho intramolecular Hbond substituents is 2. The van der Waals surface area contributed by atoms with Gasteiger partial charge in [-0.2, -0.15) is 0 Å². The quantitative estimate of drug-likeness (QED) is 0.0506. The van der Waals surface area contributed by atoms with E-state index in [9.17, 15) is 24.9 Å². The lowest BCUT2D eigenvalue weighted by atomic mass is 9.84. The first-order chi connectivity index (χ1) is 29.2. The Morgan fingerprint density at radius 2 is 1.34 bits per heavy atom. The van der Waals surface area contributed by atoms with E-state index in [1.54, 1.807) is 68.6 Å². The van der Waals surface area contributed by atoms with Crippen LogP contribution < -0.4 is 9.47 Å². The number of aryl methyl sites for hydroxylation is 1. The Morgan fingerprint density at radius 1 is 0.758 bits per heavy atom. The summed E-state index contributed by atoms with van der Waals surface area (Å²) >= 11 is 6.17. The molecule has 1 atom stereocenters. The lowest BCUT2D eigenvalue weighted by Gasteiger charge is -2.24. The number of carbonyl (C=O) groups excluding carboxylic acids is 1. The fraction of sp³-hybridized carbons (Fsp3) is 0.362. The molecule has 0 saturated carbocycles. The third-order valence-electron chi connectivity index (χ3n) is 10.3. The molecule has 2 aromatic heterocycles. The van der Waals surface area contributed by atoms with Crippen LogP contribution in [0.15, 0.2) is 84.0 Å². The summed E-state index contributed by atoms with van der Waals surface area (Å²) in [6, 6.07) is 17.7. The van der Waals surface area contributed by atoms with Crippen LogP contribution in [-0.2, 0) is 31.6 Å². The number of carbonyl (C=O) groups is 2. The summed E-state index contributed by atoms with van der Waals surface area (Å²) in [4.78, 5) is 27.7. The van der Waals surface area contributed by atoms with Gasteiger partial charge in [-0.3, -0.25) is 0 Å². The third kappa shape index (κ3) is 10.5. The Hall–Kier alpha value is -6.41. The van der Waals surface area contributed by atoms with Crippen LogP contribution in [-0.4, -0.2) is 77.1 Å². The van der Waals surface area contributed by atoms with Crippen molar-refractivity contribution in [1.29, 1.82) is 0 Å². The van der Waals surface area contributed by atoms with Crippen molar-refractivity contribution < 1.29 is 39.1 Å². The van der Waals surface area contributed by atoms with E-state index in [2.05, 4.69) is 20.4 Å². The number of phenols is 2. The highest BCUT2D eigenvalue weighted by Gasteiger charge is 2.26. The molecule has 0 aliphatic carbocycles. The number of esters is 1. The number of hydrogen-bond donors (Lipinski definition) is 3. The van der Waals surface area contributed by atoms with Gasteiger partial charge in [0.15, 0.2) is 0 Å². The van der Waals surface area contributed by atoms with Crippen molar-refractivity contribution in [2.45, 2.75) is 98.0 Å². The molecule has 6 aromatic rings. The highest BCUT2D eigenvalue weighted by molar-refractivity contribution is 6.31. The molecule has 0 spiro atoms. The third-order valence-corrected chi connectivity index (χ3v) is 10.6. The number of nitrogens with zero attached hydrogens (tertiary/aromatic N) is 6. The van der Waals surface area contributed by atoms with E-state index in [0.29, 0.717) is 81.1 Å². The van der Waals surface area contributed by atoms with Gasteiger partial charge in [0.05, 0.1) is 13.7 Å². The molecule has 6 rings (SSSR count). The van der Waals surface area contributed by atoms with Crippen LogP contribution in [0.1, 0.15) is 91.3 Å². The van der Waals surface area contributed by atoms with E-state index in [0.717, 1.165) is 11.1 Å². The maximum Gasteiger partial charge on any atom is 0.333 e. The standard InChI is InChI=1S/C47H53ClN6O8/c1-27(45(59)61-19-11-13-29-21-34(46(3,4)5)42(55)40(22-29)53-49-36-17-15-30(48)23-38(36)51-53)12-10-14-32(20-28(2)44(57)58)62-33-24-35(47(6,7)8)43(56)41(26-33)54-50-37-18-16-31(60-9)25-39(37)52-54/h12,15-18,20-26,32,55-56H,10-11,13-14,19H2,1-9H3,(H,57,58). The zero-order valence-corrected chi connectivity index (χ0v) is 37.2. The largest absolute Gasteiger partial charge is 0.505 e. The molecular weight excluding hydrogens is 812 g/mol. The summed E-state index contributed by atoms with van der Waals surface area (Å²) in [7, 11) is 1.56. The number of benzene rings is 4. The number of carboxylic acid groups (broad SMARTS) is 1. The number of rotatable bonds is 15. The van der Waals surface area contributed by atoms with Crippen LogP contribution in [0.25, 0.3) is 33.4 Å². The van der Waals surface area contributed by atoms with Crippen molar-refractivity contribution in [3.63, 3.8) is 0 Å². The Labute approximate surface area is 365 Å². The maximum absolute atomic E-state index is 13.1. The molecule has 2 heterocycles. The molecule has 4 aromatic carbocycles. The highest BCUT2D eigenvalue weighted by atomic mass is 35.5. The number of aromatic hydroxyl groups is 2. The lowest BCUT2D eigenvalue weighted by Crippen LogP contribution is -2.18. The van der Waals surface area contributed by atoms with Gasteiger partial charge < -0.3 is 29.5 Å². The van der Waals surface area contributed by atoms with E-state index < -0.39 is 23.5 Å². The average molecular weight is 865 g/mol. The normalized spacial score (nSPS) is 13.1. The van der Waals surface area contributed by atoms with Gasteiger partial charge in [-0.15, -0.1) is 30.0 Å². The van der Waals surface area contributed by atoms with Crippen LogP contribution in [0.4, 0.5) is 0 Å². The number of aliphatic carboxylic acids is 1. The second-order valence-electron chi connectivity index (χ2n) is 17.3. The molecule has 0 aliphatic rings. The Morgan fingerprint density at radius 3 is 1.95 bits per heavy atom. The molecule has 15 heteroatoms. The first kappa shape index (κ1) is 45.1. The first-order valence-corrected chi connectivity index (χ1v) is 20.7. The number of halogens is 1. The molecule has 0 radical (unpaired) electrons. The van der Waals surface area contributed by atoms with E-state index in [1.807, 2.05) is 53.7 Å². The number of hydrogen-bond acceptors (Lipinski definition) is 11. The number of ether oxygens (including phenoxy) is 3. The van der Waals surface area contributed by atoms with E-state index in [-0.39, 0.29) is 34.8 Å². The summed E-state index contributed by atoms with van der Waals surface area (Å²) < 4.78 is 17.4. The van der Waals surface area contributed by atoms with Gasteiger partial charge in [0.2, 0.25) is 0 Å². The first-order valence-electron chi connectivity index (χ1n) is 20.3. The topological polar surface area (TPSA) is 184 Å². The summed E-state index contributed by atoms with van der Waals surface area (Å²) in [6.07, 6.45) is 4.34. The van der Waals surface area contributed by atoms with E-state index in [4.69, 9.17) is 25.8 Å². The van der Waals surface area contributed by atoms with Crippen LogP contribution in [0.3, 0.4) is 0 Å². The molecule has 326 valence electrons. The lowest BCUT2D eigenvalue weighted by molar-refractivity contribution is -0.139. The van der Waals surface area contributed by atoms with Crippen molar-refractivity contribution in [2.75, 3.05) is 13.7 Å². The Kier molecular flexibility index (Phi) is 13.3. The second-order valence-corrected chi connectivity index (χ2v) is 17.8. The fourth-order valence-electron chi connectivity index (χ4n) is 6.86. The van der Waals surface area contributed by atoms with Gasteiger partial charge in [0, 0.05) is 39.4 Å². The monoisotopic (exact) mass is 864 g/mol. The minimum Gasteiger partial charge on any atom is -0.505 e. The number of allylic oxidation sites excluding steroid dienone is 1. The van der Waals surface area contributed by atoms with Crippen molar-refractivity contribution in [1.82, 2.24) is 30.0 Å². The minimum atomic E-state index is -1.09. The number of fused-ring (bicyclic) bond motifs is 2. The molecule has 3 N–H and O–H groups in total. The Balaban J connectivity index is 1.13. The van der Waals surface area contributed by atoms with Gasteiger partial charge in [0.25, 0.3) is 0 Å². The van der Waals surface area contributed by atoms with Gasteiger partial charge in [-0.25, -0.2) is 9.59 Å². The second kappa shape index (κ2) is 18.3. The van der Waals surface area contributed by atoms with Crippen molar-refractivity contribution in [3.05, 3.63) is 106 Å². The minimum absolute atomic E-state index is 0.0168. The van der Waals surface area contributed by atoms with Crippen LogP contribution in [0.2, 0.25) is 5.02 Å². The predicted molar refractivity (Wildman–Crippen MR) is 238 cm³/mol. The van der Waals surface area contributed by atoms with Gasteiger partial charge >= 0.3 is 11.9 Å². The zero-order valence-electron chi connectivity index (χ0n) is 36.5.